The van der Waals surface area contributed by atoms with Gasteiger partial charge in [-0.3, -0.25) is 19.4 Å². The molecule has 1 aromatic heterocycles. The van der Waals surface area contributed by atoms with Crippen LogP contribution in [0.2, 0.25) is 0 Å². The Hall–Kier alpha value is -3.56. The lowest BCUT2D eigenvalue weighted by Crippen LogP contribution is -2.50. The van der Waals surface area contributed by atoms with Gasteiger partial charge in [0.25, 0.3) is 11.5 Å². The van der Waals surface area contributed by atoms with Crippen molar-refractivity contribution in [3.8, 4) is 0 Å². The van der Waals surface area contributed by atoms with E-state index in [0.29, 0.717) is 43.0 Å². The minimum Gasteiger partial charge on any atom is -0.372 e. The third-order valence-corrected chi connectivity index (χ3v) is 6.22. The van der Waals surface area contributed by atoms with Crippen LogP contribution in [0, 0.1) is 5.92 Å². The number of rotatable bonds is 9. The van der Waals surface area contributed by atoms with Gasteiger partial charge in [-0.25, -0.2) is 0 Å². The van der Waals surface area contributed by atoms with Gasteiger partial charge in [-0.15, -0.1) is 0 Å². The van der Waals surface area contributed by atoms with E-state index in [4.69, 9.17) is 5.73 Å². The van der Waals surface area contributed by atoms with Gasteiger partial charge in [0.1, 0.15) is 11.5 Å². The van der Waals surface area contributed by atoms with Crippen LogP contribution in [0.4, 0.5) is 23.1 Å². The Morgan fingerprint density at radius 3 is 2.59 bits per heavy atom. The standard InChI is InChI=1S/C24H35N7O3/c1-14(2)19(32)11-6-15(3)27-22(33)16-7-9-17(10-8-16)30(4)13-18-12-26-21-20(31(18)5)23(34)29-24(25)28-21/h7-10,14-15,18H,6,11-13H2,1-5H3,(H,27,33)(H4,25,26,28,29,34). The van der Waals surface area contributed by atoms with Gasteiger partial charge in [-0.1, -0.05) is 13.8 Å². The van der Waals surface area contributed by atoms with Crippen molar-refractivity contribution < 1.29 is 9.59 Å². The monoisotopic (exact) mass is 469 g/mol. The molecule has 5 N–H and O–H groups in total. The van der Waals surface area contributed by atoms with Crippen LogP contribution in [-0.2, 0) is 4.79 Å². The average molecular weight is 470 g/mol. The van der Waals surface area contributed by atoms with E-state index in [1.807, 2.05) is 51.9 Å². The second kappa shape index (κ2) is 10.6. The van der Waals surface area contributed by atoms with Gasteiger partial charge in [0, 0.05) is 56.8 Å². The molecule has 0 fully saturated rings. The molecule has 3 rings (SSSR count). The molecule has 1 aliphatic rings. The normalized spacial score (nSPS) is 15.9. The number of amides is 1. The van der Waals surface area contributed by atoms with E-state index in [1.165, 1.54) is 0 Å². The van der Waals surface area contributed by atoms with Crippen molar-refractivity contribution in [2.75, 3.05) is 48.0 Å². The number of benzene rings is 1. The molecule has 10 heteroatoms. The molecule has 184 valence electrons. The van der Waals surface area contributed by atoms with E-state index < -0.39 is 0 Å². The number of nitrogen functional groups attached to an aromatic ring is 1. The fourth-order valence-electron chi connectivity index (χ4n) is 3.97. The molecule has 0 spiro atoms. The molecule has 0 saturated heterocycles. The molecule has 2 aromatic rings. The van der Waals surface area contributed by atoms with Gasteiger partial charge in [0.15, 0.2) is 5.82 Å². The number of nitrogens with two attached hydrogens (primary N) is 1. The van der Waals surface area contributed by atoms with E-state index in [9.17, 15) is 14.4 Å². The Balaban J connectivity index is 1.57. The van der Waals surface area contributed by atoms with E-state index in [1.54, 1.807) is 12.1 Å². The van der Waals surface area contributed by atoms with E-state index in [0.717, 1.165) is 5.69 Å². The number of ketones is 1. The number of hydrogen-bond donors (Lipinski definition) is 4. The summed E-state index contributed by atoms with van der Waals surface area (Å²) >= 11 is 0. The third kappa shape index (κ3) is 5.86. The number of anilines is 4. The number of H-pyrrole nitrogens is 1. The lowest BCUT2D eigenvalue weighted by Gasteiger charge is -2.37. The van der Waals surface area contributed by atoms with Gasteiger partial charge >= 0.3 is 0 Å². The second-order valence-electron chi connectivity index (χ2n) is 9.26. The fourth-order valence-corrected chi connectivity index (χ4v) is 3.97. The highest BCUT2D eigenvalue weighted by molar-refractivity contribution is 5.94. The summed E-state index contributed by atoms with van der Waals surface area (Å²) in [5.74, 6) is 0.643. The second-order valence-corrected chi connectivity index (χ2v) is 9.26. The van der Waals surface area contributed by atoms with Crippen LogP contribution in [0.5, 0.6) is 0 Å². The summed E-state index contributed by atoms with van der Waals surface area (Å²) in [6, 6.07) is 7.34. The van der Waals surface area contributed by atoms with Crippen molar-refractivity contribution in [3.63, 3.8) is 0 Å². The maximum Gasteiger partial charge on any atom is 0.278 e. The van der Waals surface area contributed by atoms with Gasteiger partial charge in [0.2, 0.25) is 5.95 Å². The molecule has 2 heterocycles. The molecule has 0 saturated carbocycles. The smallest absolute Gasteiger partial charge is 0.278 e. The van der Waals surface area contributed by atoms with Gasteiger partial charge in [0.05, 0.1) is 6.04 Å². The highest BCUT2D eigenvalue weighted by atomic mass is 16.2. The molecule has 2 unspecified atom stereocenters. The zero-order chi connectivity index (χ0) is 25.0. The minimum atomic E-state index is -0.275. The van der Waals surface area contributed by atoms with Crippen molar-refractivity contribution in [1.29, 1.82) is 0 Å². The number of Topliss-reactive ketones (excluding diaryl/α,β-unsaturated/α-hetero) is 1. The molecular weight excluding hydrogens is 434 g/mol. The van der Waals surface area contributed by atoms with Crippen LogP contribution in [-0.4, -0.2) is 60.9 Å². The predicted octanol–water partition coefficient (Wildman–Crippen LogP) is 1.84. The molecule has 34 heavy (non-hydrogen) atoms. The Labute approximate surface area is 199 Å². The van der Waals surface area contributed by atoms with Gasteiger partial charge in [-0.2, -0.15) is 4.98 Å². The van der Waals surface area contributed by atoms with Gasteiger partial charge < -0.3 is 26.2 Å². The molecule has 1 amide bonds. The third-order valence-electron chi connectivity index (χ3n) is 6.22. The van der Waals surface area contributed by atoms with E-state index in [-0.39, 0.29) is 41.2 Å². The Kier molecular flexibility index (Phi) is 7.80. The summed E-state index contributed by atoms with van der Waals surface area (Å²) in [5, 5.41) is 6.16. The van der Waals surface area contributed by atoms with Gasteiger partial charge in [-0.05, 0) is 37.6 Å². The first kappa shape index (κ1) is 25.1. The first-order chi connectivity index (χ1) is 16.1. The number of carbonyl (C=O) groups excluding carboxylic acids is 2. The zero-order valence-corrected chi connectivity index (χ0v) is 20.5. The molecule has 10 nitrogen and oxygen atoms in total. The number of aromatic nitrogens is 2. The Bertz CT molecular complexity index is 1080. The largest absolute Gasteiger partial charge is 0.372 e. The summed E-state index contributed by atoms with van der Waals surface area (Å²) in [6.07, 6.45) is 1.09. The molecule has 0 bridgehead atoms. The summed E-state index contributed by atoms with van der Waals surface area (Å²) in [4.78, 5) is 47.4. The van der Waals surface area contributed by atoms with Crippen LogP contribution in [0.15, 0.2) is 29.1 Å². The first-order valence-electron chi connectivity index (χ1n) is 11.6. The van der Waals surface area contributed by atoms with Crippen LogP contribution in [0.25, 0.3) is 0 Å². The van der Waals surface area contributed by atoms with E-state index in [2.05, 4.69) is 25.5 Å². The van der Waals surface area contributed by atoms with Crippen LogP contribution >= 0.6 is 0 Å². The summed E-state index contributed by atoms with van der Waals surface area (Å²) in [6.45, 7) is 6.95. The number of likely N-dealkylation sites (N-methyl/N-ethyl adjacent to an activating group) is 2. The van der Waals surface area contributed by atoms with E-state index >= 15 is 0 Å². The van der Waals surface area contributed by atoms with Crippen molar-refractivity contribution in [2.24, 2.45) is 5.92 Å². The number of hydrogen-bond acceptors (Lipinski definition) is 8. The lowest BCUT2D eigenvalue weighted by molar-refractivity contribution is -0.122. The minimum absolute atomic E-state index is 0.0162. The quantitative estimate of drug-likeness (QED) is 0.437. The fraction of sp³-hybridized carbons (Fsp3) is 0.500. The molecule has 1 aliphatic heterocycles. The topological polar surface area (TPSA) is 136 Å². The number of fused-ring (bicyclic) bond motifs is 1. The van der Waals surface area contributed by atoms with Crippen molar-refractivity contribution in [2.45, 2.75) is 45.7 Å². The van der Waals surface area contributed by atoms with Crippen molar-refractivity contribution >= 4 is 34.8 Å². The molecular formula is C24H35N7O3. The number of carbonyl (C=O) groups is 2. The van der Waals surface area contributed by atoms with Crippen molar-refractivity contribution in [1.82, 2.24) is 15.3 Å². The SMILES string of the molecule is CC(CCC(=O)C(C)C)NC(=O)c1ccc(N(C)CC2CNc3nc(N)[nH]c(=O)c3N2C)cc1. The number of nitrogens with one attached hydrogen (secondary N) is 3. The van der Waals surface area contributed by atoms with Crippen LogP contribution < -0.4 is 31.7 Å². The summed E-state index contributed by atoms with van der Waals surface area (Å²) in [7, 11) is 3.84. The zero-order valence-electron chi connectivity index (χ0n) is 20.5. The Morgan fingerprint density at radius 2 is 1.94 bits per heavy atom. The molecule has 0 aliphatic carbocycles. The molecule has 2 atom stereocenters. The lowest BCUT2D eigenvalue weighted by atomic mass is 10.0. The van der Waals surface area contributed by atoms with Crippen molar-refractivity contribution in [3.05, 3.63) is 40.2 Å². The molecule has 0 radical (unpaired) electrons. The van der Waals surface area contributed by atoms with Crippen LogP contribution in [0.1, 0.15) is 44.0 Å². The highest BCUT2D eigenvalue weighted by Gasteiger charge is 2.28. The predicted molar refractivity (Wildman–Crippen MR) is 136 cm³/mol. The average Bonchev–Trinajstić information content (AvgIpc) is 2.78. The molecule has 1 aromatic carbocycles. The highest BCUT2D eigenvalue weighted by Crippen LogP contribution is 2.26. The maximum atomic E-state index is 12.6. The first-order valence-corrected chi connectivity index (χ1v) is 11.6. The Morgan fingerprint density at radius 1 is 1.26 bits per heavy atom. The maximum absolute atomic E-state index is 12.6. The summed E-state index contributed by atoms with van der Waals surface area (Å²) < 4.78 is 0. The number of aromatic amines is 1. The number of nitrogens with zero attached hydrogens (tertiary/aromatic N) is 3. The summed E-state index contributed by atoms with van der Waals surface area (Å²) in [5.41, 5.74) is 7.36. The van der Waals surface area contributed by atoms with Crippen LogP contribution in [0.3, 0.4) is 0 Å².